The highest BCUT2D eigenvalue weighted by molar-refractivity contribution is 6.04. The topological polar surface area (TPSA) is 88.9 Å². The number of carbonyl (C=O) groups excluding carboxylic acids is 2. The smallest absolute Gasteiger partial charge is 0.404 e. The Hall–Kier alpha value is -2.64. The number of ketones is 1. The van der Waals surface area contributed by atoms with E-state index in [1.165, 1.54) is 11.0 Å². The highest BCUT2D eigenvalue weighted by Crippen LogP contribution is 2.63. The van der Waals surface area contributed by atoms with Gasteiger partial charge in [-0.25, -0.2) is 0 Å². The Morgan fingerprint density at radius 3 is 2.79 bits per heavy atom. The molecule has 1 aromatic carbocycles. The van der Waals surface area contributed by atoms with Crippen LogP contribution in [0.3, 0.4) is 0 Å². The summed E-state index contributed by atoms with van der Waals surface area (Å²) in [6, 6.07) is 5.18. The molecular weight excluding hydrogens is 393 g/mol. The Morgan fingerprint density at radius 1 is 1.34 bits per heavy atom. The molecule has 5 atom stereocenters. The van der Waals surface area contributed by atoms with Crippen molar-refractivity contribution in [3.05, 3.63) is 23.8 Å². The number of nitriles is 1. The minimum absolute atomic E-state index is 0.0647. The number of carbonyl (C=O) groups is 2. The normalized spacial score (nSPS) is 37.6. The average Bonchev–Trinajstić information content (AvgIpc) is 3.17. The Bertz CT molecular complexity index is 989. The van der Waals surface area contributed by atoms with Crippen LogP contribution in [0.5, 0.6) is 5.75 Å². The summed E-state index contributed by atoms with van der Waals surface area (Å²) >= 11 is 0. The lowest BCUT2D eigenvalue weighted by atomic mass is 9.65. The molecule has 4 aliphatic heterocycles. The van der Waals surface area contributed by atoms with Crippen molar-refractivity contribution in [3.63, 3.8) is 0 Å². The van der Waals surface area contributed by atoms with Gasteiger partial charge in [-0.3, -0.25) is 14.5 Å². The highest BCUT2D eigenvalue weighted by atomic mass is 19.4. The molecule has 1 amide bonds. The largest absolute Gasteiger partial charge is 0.573 e. The van der Waals surface area contributed by atoms with E-state index in [0.29, 0.717) is 6.42 Å². The van der Waals surface area contributed by atoms with E-state index in [-0.39, 0.29) is 36.0 Å². The third-order valence-corrected chi connectivity index (χ3v) is 6.37. The molecule has 4 heterocycles. The number of ether oxygens (including phenoxy) is 3. The van der Waals surface area contributed by atoms with Crippen LogP contribution in [0.2, 0.25) is 0 Å². The minimum Gasteiger partial charge on any atom is -0.404 e. The summed E-state index contributed by atoms with van der Waals surface area (Å²) in [7, 11) is 0. The number of nitrogens with zero attached hydrogens (tertiary/aromatic N) is 2. The first-order valence-corrected chi connectivity index (χ1v) is 9.08. The summed E-state index contributed by atoms with van der Waals surface area (Å²) in [6.07, 6.45) is -5.36. The molecule has 7 nitrogen and oxygen atoms in total. The number of benzene rings is 1. The zero-order valence-corrected chi connectivity index (χ0v) is 15.2. The summed E-state index contributed by atoms with van der Waals surface area (Å²) in [5.74, 6) is -2.30. The molecule has 29 heavy (non-hydrogen) atoms. The van der Waals surface area contributed by atoms with Gasteiger partial charge < -0.3 is 14.2 Å². The van der Waals surface area contributed by atoms with Gasteiger partial charge in [-0.1, -0.05) is 0 Å². The fourth-order valence-corrected chi connectivity index (χ4v) is 5.40. The van der Waals surface area contributed by atoms with Crippen LogP contribution in [0.25, 0.3) is 0 Å². The first-order valence-electron chi connectivity index (χ1n) is 9.08. The number of hydrogen-bond donors (Lipinski definition) is 0. The van der Waals surface area contributed by atoms with Gasteiger partial charge in [0.15, 0.2) is 5.78 Å². The van der Waals surface area contributed by atoms with Crippen molar-refractivity contribution >= 4 is 17.4 Å². The lowest BCUT2D eigenvalue weighted by molar-refractivity contribution is -0.274. The highest BCUT2D eigenvalue weighted by Gasteiger charge is 2.78. The lowest BCUT2D eigenvalue weighted by Crippen LogP contribution is -2.55. The number of halogens is 3. The van der Waals surface area contributed by atoms with Gasteiger partial charge in [-0.15, -0.1) is 13.2 Å². The van der Waals surface area contributed by atoms with Gasteiger partial charge in [0.2, 0.25) is 5.91 Å². The molecule has 1 aromatic rings. The molecule has 4 aliphatic rings. The fourth-order valence-electron chi connectivity index (χ4n) is 5.40. The summed E-state index contributed by atoms with van der Waals surface area (Å²) < 4.78 is 54.1. The maximum atomic E-state index is 13.3. The van der Waals surface area contributed by atoms with E-state index in [1.807, 2.05) is 0 Å². The first kappa shape index (κ1) is 18.4. The lowest BCUT2D eigenvalue weighted by Gasteiger charge is -2.40. The number of hydrogen-bond acceptors (Lipinski definition) is 6. The Labute approximate surface area is 162 Å². The number of alkyl halides is 3. The van der Waals surface area contributed by atoms with Crippen molar-refractivity contribution in [2.75, 3.05) is 11.5 Å². The second kappa shape index (κ2) is 5.49. The van der Waals surface area contributed by atoms with Crippen LogP contribution in [-0.4, -0.2) is 42.1 Å². The number of rotatable bonds is 2. The van der Waals surface area contributed by atoms with Gasteiger partial charge >= 0.3 is 6.36 Å². The van der Waals surface area contributed by atoms with E-state index in [1.54, 1.807) is 13.0 Å². The van der Waals surface area contributed by atoms with E-state index < -0.39 is 41.4 Å². The predicted molar refractivity (Wildman–Crippen MR) is 88.5 cm³/mol. The maximum Gasteiger partial charge on any atom is 0.573 e. The number of amides is 1. The van der Waals surface area contributed by atoms with Crippen LogP contribution < -0.4 is 9.64 Å². The van der Waals surface area contributed by atoms with E-state index in [2.05, 4.69) is 4.74 Å². The molecule has 0 aromatic heterocycles. The van der Waals surface area contributed by atoms with Gasteiger partial charge in [0.1, 0.15) is 23.6 Å². The SMILES string of the molecule is C[C@@]12CC(=O)[C@]3(CCO[C@H]4[C@@H]3[C@@H]1C(=O)N4c1ccc(C#N)c(OC(F)(F)F)c1)O2. The van der Waals surface area contributed by atoms with Crippen molar-refractivity contribution < 1.29 is 37.0 Å². The van der Waals surface area contributed by atoms with Gasteiger partial charge in [-0.05, 0) is 19.1 Å². The van der Waals surface area contributed by atoms with Crippen LogP contribution in [0.4, 0.5) is 18.9 Å². The molecule has 0 radical (unpaired) electrons. The molecule has 10 heteroatoms. The molecule has 0 unspecified atom stereocenters. The molecule has 5 rings (SSSR count). The number of fused-ring (bicyclic) bond motifs is 2. The van der Waals surface area contributed by atoms with Crippen molar-refractivity contribution in [2.45, 2.75) is 43.6 Å². The monoisotopic (exact) mass is 408 g/mol. The molecule has 4 fully saturated rings. The van der Waals surface area contributed by atoms with Crippen molar-refractivity contribution in [2.24, 2.45) is 11.8 Å². The molecule has 0 aliphatic carbocycles. The third kappa shape index (κ3) is 2.31. The zero-order chi connectivity index (χ0) is 20.8. The molecule has 4 saturated heterocycles. The van der Waals surface area contributed by atoms with E-state index in [0.717, 1.165) is 12.1 Å². The molecule has 0 saturated carbocycles. The zero-order valence-electron chi connectivity index (χ0n) is 15.2. The molecule has 1 spiro atoms. The van der Waals surface area contributed by atoms with Crippen LogP contribution in [0, 0.1) is 23.2 Å². The number of anilines is 1. The first-order chi connectivity index (χ1) is 13.6. The van der Waals surface area contributed by atoms with Crippen molar-refractivity contribution in [1.29, 1.82) is 5.26 Å². The summed E-state index contributed by atoms with van der Waals surface area (Å²) in [6.45, 7) is 1.90. The van der Waals surface area contributed by atoms with Gasteiger partial charge in [0.25, 0.3) is 0 Å². The number of Topliss-reactive ketones (excluding diaryl/α,β-unsaturated/α-hetero) is 1. The predicted octanol–water partition coefficient (Wildman–Crippen LogP) is 2.28. The standard InChI is InChI=1S/C19H15F3N2O5/c1-17-7-12(25)18(29-17)4-5-27-16-14(18)13(17)15(26)24(16)10-3-2-9(8-23)11(6-10)28-19(20,21)22/h2-3,6,13-14,16H,4-5,7H2,1H3/t13-,14+,16+,17-,18+/m1/s1. The minimum atomic E-state index is -4.99. The quantitative estimate of drug-likeness (QED) is 0.746. The molecular formula is C19H15F3N2O5. The van der Waals surface area contributed by atoms with E-state index >= 15 is 0 Å². The van der Waals surface area contributed by atoms with Crippen LogP contribution in [0.1, 0.15) is 25.3 Å². The summed E-state index contributed by atoms with van der Waals surface area (Å²) in [4.78, 5) is 27.2. The molecule has 0 N–H and O–H groups in total. The van der Waals surface area contributed by atoms with E-state index in [9.17, 15) is 22.8 Å². The van der Waals surface area contributed by atoms with Crippen LogP contribution >= 0.6 is 0 Å². The molecule has 152 valence electrons. The average molecular weight is 408 g/mol. The summed E-state index contributed by atoms with van der Waals surface area (Å²) in [5, 5.41) is 9.08. The second-order valence-corrected chi connectivity index (χ2v) is 7.97. The van der Waals surface area contributed by atoms with Crippen molar-refractivity contribution in [1.82, 2.24) is 0 Å². The fraction of sp³-hybridized carbons (Fsp3) is 0.526. The van der Waals surface area contributed by atoms with Gasteiger partial charge in [0.05, 0.1) is 35.3 Å². The van der Waals surface area contributed by atoms with E-state index in [4.69, 9.17) is 14.7 Å². The Kier molecular flexibility index (Phi) is 3.48. The van der Waals surface area contributed by atoms with Gasteiger partial charge in [-0.2, -0.15) is 5.26 Å². The maximum absolute atomic E-state index is 13.3. The second-order valence-electron chi connectivity index (χ2n) is 7.97. The molecule has 2 bridgehead atoms. The Balaban J connectivity index is 1.59. The van der Waals surface area contributed by atoms with Crippen molar-refractivity contribution in [3.8, 4) is 11.8 Å². The van der Waals surface area contributed by atoms with Crippen LogP contribution in [0.15, 0.2) is 18.2 Å². The van der Waals surface area contributed by atoms with Crippen LogP contribution in [-0.2, 0) is 19.1 Å². The summed E-state index contributed by atoms with van der Waals surface area (Å²) in [5.41, 5.74) is -2.26. The Morgan fingerprint density at radius 2 is 2.10 bits per heavy atom. The third-order valence-electron chi connectivity index (χ3n) is 6.37. The van der Waals surface area contributed by atoms with Gasteiger partial charge in [0, 0.05) is 18.9 Å².